The SMILES string of the molecule is CCOC(=O)C(F)(F)C(=O)[C@H](CC)NC(=O)[C@@H]1C[C@@H](OCc2ccccc2)CN1C(=O)[C@@H](NC(=O)[C@@H](NC(=O)c1cnccn1)C(C)C)C(C)C. The monoisotopic (exact) mass is 716 g/mol. The number of alkyl halides is 2. The van der Waals surface area contributed by atoms with Crippen LogP contribution in [0.25, 0.3) is 0 Å². The average molecular weight is 717 g/mol. The molecule has 5 atom stereocenters. The first-order chi connectivity index (χ1) is 24.1. The second-order valence-corrected chi connectivity index (χ2v) is 12.8. The van der Waals surface area contributed by atoms with Crippen LogP contribution in [0, 0.1) is 11.8 Å². The highest BCUT2D eigenvalue weighted by molar-refractivity contribution is 6.09. The van der Waals surface area contributed by atoms with Gasteiger partial charge in [-0.1, -0.05) is 65.0 Å². The van der Waals surface area contributed by atoms with Gasteiger partial charge in [-0.3, -0.25) is 29.0 Å². The van der Waals surface area contributed by atoms with Crippen LogP contribution >= 0.6 is 0 Å². The highest BCUT2D eigenvalue weighted by Crippen LogP contribution is 2.26. The summed E-state index contributed by atoms with van der Waals surface area (Å²) in [5, 5.41) is 7.65. The van der Waals surface area contributed by atoms with Gasteiger partial charge in [0.15, 0.2) is 0 Å². The number of rotatable bonds is 17. The molecule has 16 heteroatoms. The highest BCUT2D eigenvalue weighted by atomic mass is 19.3. The summed E-state index contributed by atoms with van der Waals surface area (Å²) in [6.07, 6.45) is 2.95. The molecule has 0 unspecified atom stereocenters. The number of Topliss-reactive ketones (excluding diaryl/α,β-unsaturated/α-hetero) is 1. The molecule has 2 heterocycles. The number of nitrogens with zero attached hydrogens (tertiary/aromatic N) is 3. The van der Waals surface area contributed by atoms with Crippen molar-refractivity contribution in [1.82, 2.24) is 30.8 Å². The highest BCUT2D eigenvalue weighted by Gasteiger charge is 2.52. The van der Waals surface area contributed by atoms with Crippen molar-refractivity contribution in [2.24, 2.45) is 11.8 Å². The van der Waals surface area contributed by atoms with E-state index in [1.54, 1.807) is 27.7 Å². The van der Waals surface area contributed by atoms with Crippen molar-refractivity contribution in [3.05, 3.63) is 60.2 Å². The number of esters is 1. The van der Waals surface area contributed by atoms with Crippen LogP contribution in [-0.2, 0) is 40.1 Å². The molecule has 3 rings (SSSR count). The van der Waals surface area contributed by atoms with Crippen molar-refractivity contribution in [3.8, 4) is 0 Å². The van der Waals surface area contributed by atoms with Gasteiger partial charge in [0.05, 0.1) is 31.6 Å². The quantitative estimate of drug-likeness (QED) is 0.162. The zero-order valence-corrected chi connectivity index (χ0v) is 29.6. The maximum atomic E-state index is 14.7. The van der Waals surface area contributed by atoms with Gasteiger partial charge in [-0.15, -0.1) is 0 Å². The van der Waals surface area contributed by atoms with Gasteiger partial charge in [-0.05, 0) is 30.7 Å². The molecule has 0 spiro atoms. The van der Waals surface area contributed by atoms with Crippen molar-refractivity contribution in [2.45, 2.75) is 97.2 Å². The van der Waals surface area contributed by atoms with E-state index in [0.29, 0.717) is 0 Å². The first kappa shape index (κ1) is 40.6. The van der Waals surface area contributed by atoms with E-state index in [1.807, 2.05) is 30.3 Å². The van der Waals surface area contributed by atoms with Gasteiger partial charge >= 0.3 is 11.9 Å². The molecule has 0 bridgehead atoms. The Balaban J connectivity index is 1.86. The van der Waals surface area contributed by atoms with Gasteiger partial charge in [0.2, 0.25) is 23.5 Å². The fourth-order valence-electron chi connectivity index (χ4n) is 5.46. The summed E-state index contributed by atoms with van der Waals surface area (Å²) >= 11 is 0. The third kappa shape index (κ3) is 10.6. The molecular formula is C35H46F2N6O8. The molecule has 0 radical (unpaired) electrons. The van der Waals surface area contributed by atoms with Crippen molar-refractivity contribution < 1.29 is 47.0 Å². The first-order valence-corrected chi connectivity index (χ1v) is 16.8. The number of amides is 4. The molecule has 278 valence electrons. The second-order valence-electron chi connectivity index (χ2n) is 12.8. The fourth-order valence-corrected chi connectivity index (χ4v) is 5.46. The first-order valence-electron chi connectivity index (χ1n) is 16.8. The summed E-state index contributed by atoms with van der Waals surface area (Å²) in [5.74, 6) is -12.2. The number of ketones is 1. The lowest BCUT2D eigenvalue weighted by molar-refractivity contribution is -0.177. The number of carbonyl (C=O) groups excluding carboxylic acids is 6. The molecule has 2 aromatic rings. The molecular weight excluding hydrogens is 670 g/mol. The number of ether oxygens (including phenoxy) is 2. The Morgan fingerprint density at radius 1 is 0.941 bits per heavy atom. The lowest BCUT2D eigenvalue weighted by Gasteiger charge is -2.32. The Morgan fingerprint density at radius 3 is 2.18 bits per heavy atom. The standard InChI is InChI=1S/C35H46F2N6O8/c1-7-24(29(44)35(36,37)34(49)50-8-2)40-31(46)26-16-23(51-19-22-12-10-9-11-13-22)18-43(26)33(48)28(21(5)6)42-32(47)27(20(3)4)41-30(45)25-17-38-14-15-39-25/h9-15,17,20-21,23-24,26-28H,7-8,16,18-19H2,1-6H3,(H,40,46)(H,41,45)(H,42,47)/t23-,24+,26+,27+,28+/m1/s1. The number of likely N-dealkylation sites (tertiary alicyclic amines) is 1. The van der Waals surface area contributed by atoms with E-state index in [2.05, 4.69) is 30.7 Å². The molecule has 4 amide bonds. The Morgan fingerprint density at radius 2 is 1.61 bits per heavy atom. The summed E-state index contributed by atoms with van der Waals surface area (Å²) in [7, 11) is 0. The Labute approximate surface area is 295 Å². The van der Waals surface area contributed by atoms with Gasteiger partial charge in [0.25, 0.3) is 5.91 Å². The maximum Gasteiger partial charge on any atom is 0.401 e. The number of halogens is 2. The van der Waals surface area contributed by atoms with Crippen molar-refractivity contribution in [3.63, 3.8) is 0 Å². The van der Waals surface area contributed by atoms with E-state index in [4.69, 9.17) is 4.74 Å². The molecule has 1 aromatic carbocycles. The lowest BCUT2D eigenvalue weighted by Crippen LogP contribution is -2.60. The smallest absolute Gasteiger partial charge is 0.401 e. The van der Waals surface area contributed by atoms with Crippen molar-refractivity contribution >= 4 is 35.4 Å². The normalized spacial score (nSPS) is 17.7. The summed E-state index contributed by atoms with van der Waals surface area (Å²) in [6, 6.07) is 3.83. The molecule has 0 saturated carbocycles. The van der Waals surface area contributed by atoms with Crippen LogP contribution in [0.1, 0.15) is 70.4 Å². The van der Waals surface area contributed by atoms with E-state index in [0.717, 1.165) is 5.56 Å². The number of hydrogen-bond donors (Lipinski definition) is 3. The Bertz CT molecular complexity index is 1530. The minimum atomic E-state index is -4.51. The number of carbonyl (C=O) groups is 6. The molecule has 1 aliphatic rings. The number of nitrogens with one attached hydrogen (secondary N) is 3. The molecule has 1 aromatic heterocycles. The zero-order valence-electron chi connectivity index (χ0n) is 29.6. The van der Waals surface area contributed by atoms with Crippen LogP contribution in [0.3, 0.4) is 0 Å². The van der Waals surface area contributed by atoms with Gasteiger partial charge < -0.3 is 30.3 Å². The third-order valence-corrected chi connectivity index (χ3v) is 8.32. The van der Waals surface area contributed by atoms with Crippen LogP contribution in [0.2, 0.25) is 0 Å². The van der Waals surface area contributed by atoms with E-state index >= 15 is 0 Å². The van der Waals surface area contributed by atoms with E-state index in [-0.39, 0.29) is 38.3 Å². The van der Waals surface area contributed by atoms with E-state index in [1.165, 1.54) is 37.3 Å². The van der Waals surface area contributed by atoms with Crippen LogP contribution in [0.5, 0.6) is 0 Å². The number of aromatic nitrogens is 2. The molecule has 1 saturated heterocycles. The summed E-state index contributed by atoms with van der Waals surface area (Å²) < 4.78 is 39.7. The lowest BCUT2D eigenvalue weighted by atomic mass is 9.98. The number of benzene rings is 1. The van der Waals surface area contributed by atoms with Gasteiger partial charge in [-0.25, -0.2) is 9.78 Å². The zero-order chi connectivity index (χ0) is 37.9. The van der Waals surface area contributed by atoms with Crippen molar-refractivity contribution in [2.75, 3.05) is 13.2 Å². The fraction of sp³-hybridized carbons (Fsp3) is 0.543. The van der Waals surface area contributed by atoms with E-state index < -0.39 is 83.4 Å². The predicted molar refractivity (Wildman–Crippen MR) is 179 cm³/mol. The summed E-state index contributed by atoms with van der Waals surface area (Å²) in [6.45, 7) is 9.15. The predicted octanol–water partition coefficient (Wildman–Crippen LogP) is 2.22. The largest absolute Gasteiger partial charge is 0.461 e. The van der Waals surface area contributed by atoms with Gasteiger partial charge in [0, 0.05) is 25.4 Å². The molecule has 14 nitrogen and oxygen atoms in total. The molecule has 51 heavy (non-hydrogen) atoms. The molecule has 0 aliphatic carbocycles. The minimum Gasteiger partial charge on any atom is -0.461 e. The Hall–Kier alpha value is -4.86. The average Bonchev–Trinajstić information content (AvgIpc) is 3.55. The van der Waals surface area contributed by atoms with Crippen LogP contribution in [-0.4, -0.2) is 99.6 Å². The van der Waals surface area contributed by atoms with Crippen LogP contribution in [0.15, 0.2) is 48.9 Å². The molecule has 3 N–H and O–H groups in total. The molecule has 1 fully saturated rings. The molecule has 1 aliphatic heterocycles. The number of hydrogen-bond acceptors (Lipinski definition) is 10. The summed E-state index contributed by atoms with van der Waals surface area (Å²) in [4.78, 5) is 88.0. The maximum absolute atomic E-state index is 14.7. The third-order valence-electron chi connectivity index (χ3n) is 8.32. The van der Waals surface area contributed by atoms with E-state index in [9.17, 15) is 37.5 Å². The van der Waals surface area contributed by atoms with Crippen molar-refractivity contribution in [1.29, 1.82) is 0 Å². The second kappa shape index (κ2) is 18.4. The van der Waals surface area contributed by atoms with Crippen LogP contribution in [0.4, 0.5) is 8.78 Å². The Kier molecular flexibility index (Phi) is 14.6. The minimum absolute atomic E-state index is 0.0104. The topological polar surface area (TPSA) is 186 Å². The van der Waals surface area contributed by atoms with Gasteiger partial charge in [0.1, 0.15) is 23.8 Å². The van der Waals surface area contributed by atoms with Gasteiger partial charge in [-0.2, -0.15) is 8.78 Å². The summed E-state index contributed by atoms with van der Waals surface area (Å²) in [5.41, 5.74) is 0.820. The van der Waals surface area contributed by atoms with Crippen LogP contribution < -0.4 is 16.0 Å².